The van der Waals surface area contributed by atoms with Crippen LogP contribution in [0.3, 0.4) is 0 Å². The molecule has 0 saturated heterocycles. The van der Waals surface area contributed by atoms with Gasteiger partial charge in [0.2, 0.25) is 0 Å². The van der Waals surface area contributed by atoms with E-state index < -0.39 is 12.0 Å². The highest BCUT2D eigenvalue weighted by molar-refractivity contribution is 7.11. The second-order valence-corrected chi connectivity index (χ2v) is 4.64. The first-order chi connectivity index (χ1) is 9.10. The second kappa shape index (κ2) is 5.99. The second-order valence-electron chi connectivity index (χ2n) is 3.41. The Labute approximate surface area is 117 Å². The van der Waals surface area contributed by atoms with E-state index in [-0.39, 0.29) is 16.8 Å². The summed E-state index contributed by atoms with van der Waals surface area (Å²) in [6.45, 7) is 1.90. The van der Waals surface area contributed by atoms with Gasteiger partial charge in [0.25, 0.3) is 5.19 Å². The largest absolute Gasteiger partial charge is 0.515 e. The predicted molar refractivity (Wildman–Crippen MR) is 70.2 cm³/mol. The van der Waals surface area contributed by atoms with Gasteiger partial charge in [0, 0.05) is 10.9 Å². The molecule has 0 N–H and O–H groups in total. The van der Waals surface area contributed by atoms with Gasteiger partial charge in [0.1, 0.15) is 5.82 Å². The topological polar surface area (TPSA) is 48.4 Å². The fraction of sp³-hybridized carbons (Fsp3) is 0.167. The van der Waals surface area contributed by atoms with E-state index in [4.69, 9.17) is 16.3 Å². The van der Waals surface area contributed by atoms with E-state index in [1.54, 1.807) is 18.4 Å². The van der Waals surface area contributed by atoms with Gasteiger partial charge in [0.05, 0.1) is 17.3 Å². The van der Waals surface area contributed by atoms with Gasteiger partial charge in [-0.1, -0.05) is 22.9 Å². The monoisotopic (exact) mass is 301 g/mol. The molecule has 4 nitrogen and oxygen atoms in total. The van der Waals surface area contributed by atoms with Crippen LogP contribution >= 0.6 is 22.9 Å². The van der Waals surface area contributed by atoms with Crippen molar-refractivity contribution in [1.82, 2.24) is 4.98 Å². The maximum absolute atomic E-state index is 13.0. The number of hydrogen-bond donors (Lipinski definition) is 0. The van der Waals surface area contributed by atoms with E-state index in [9.17, 15) is 9.18 Å². The maximum atomic E-state index is 13.0. The molecule has 19 heavy (non-hydrogen) atoms. The Morgan fingerprint density at radius 3 is 3.00 bits per heavy atom. The zero-order chi connectivity index (χ0) is 13.8. The third-order valence-electron chi connectivity index (χ3n) is 2.13. The van der Waals surface area contributed by atoms with Crippen molar-refractivity contribution in [2.24, 2.45) is 0 Å². The lowest BCUT2D eigenvalue weighted by molar-refractivity contribution is 0.104. The van der Waals surface area contributed by atoms with Gasteiger partial charge >= 0.3 is 6.16 Å². The van der Waals surface area contributed by atoms with Gasteiger partial charge in [-0.3, -0.25) is 0 Å². The Kier molecular flexibility index (Phi) is 4.34. The quantitative estimate of drug-likeness (QED) is 0.800. The Balaban J connectivity index is 2.16. The normalized spacial score (nSPS) is 10.3. The van der Waals surface area contributed by atoms with E-state index in [0.29, 0.717) is 11.3 Å². The number of benzene rings is 1. The van der Waals surface area contributed by atoms with Crippen molar-refractivity contribution >= 4 is 29.1 Å². The molecule has 2 rings (SSSR count). The lowest BCUT2D eigenvalue weighted by Crippen LogP contribution is -2.09. The van der Waals surface area contributed by atoms with Crippen molar-refractivity contribution in [3.05, 3.63) is 34.4 Å². The summed E-state index contributed by atoms with van der Waals surface area (Å²) in [5.41, 5.74) is 1.19. The summed E-state index contributed by atoms with van der Waals surface area (Å²) in [5, 5.41) is 1.85. The van der Waals surface area contributed by atoms with Crippen molar-refractivity contribution in [3.8, 4) is 16.5 Å². The summed E-state index contributed by atoms with van der Waals surface area (Å²) in [6.07, 6.45) is -0.805. The minimum Gasteiger partial charge on any atom is -0.434 e. The predicted octanol–water partition coefficient (Wildman–Crippen LogP) is 4.14. The standard InChI is InChI=1S/C12H9ClFNO3S/c1-2-17-12(16)18-11-15-10(6-19-11)7-3-4-9(14)8(13)5-7/h3-6H,2H2,1H3. The highest BCUT2D eigenvalue weighted by Crippen LogP contribution is 2.29. The van der Waals surface area contributed by atoms with Crippen LogP contribution in [-0.2, 0) is 4.74 Å². The molecule has 1 aromatic heterocycles. The molecule has 0 aliphatic heterocycles. The molecule has 0 unspecified atom stereocenters. The molecule has 0 atom stereocenters. The highest BCUT2D eigenvalue weighted by atomic mass is 35.5. The fourth-order valence-electron chi connectivity index (χ4n) is 1.31. The summed E-state index contributed by atoms with van der Waals surface area (Å²) in [6, 6.07) is 4.26. The highest BCUT2D eigenvalue weighted by Gasteiger charge is 2.11. The molecule has 7 heteroatoms. The Morgan fingerprint density at radius 1 is 1.53 bits per heavy atom. The first kappa shape index (κ1) is 13.8. The van der Waals surface area contributed by atoms with E-state index in [1.165, 1.54) is 12.1 Å². The molecular formula is C12H9ClFNO3S. The third-order valence-corrected chi connectivity index (χ3v) is 3.14. The zero-order valence-corrected chi connectivity index (χ0v) is 11.4. The number of thiazole rings is 1. The van der Waals surface area contributed by atoms with Gasteiger partial charge in [-0.2, -0.15) is 0 Å². The number of hydrogen-bond acceptors (Lipinski definition) is 5. The summed E-state index contributed by atoms with van der Waals surface area (Å²) in [4.78, 5) is 15.2. The molecule has 1 heterocycles. The molecule has 0 spiro atoms. The van der Waals surface area contributed by atoms with Crippen LogP contribution in [0, 0.1) is 5.82 Å². The molecule has 2 aromatic rings. The van der Waals surface area contributed by atoms with E-state index in [2.05, 4.69) is 9.72 Å². The van der Waals surface area contributed by atoms with Gasteiger partial charge in [-0.15, -0.1) is 0 Å². The van der Waals surface area contributed by atoms with Crippen molar-refractivity contribution in [2.75, 3.05) is 6.61 Å². The Hall–Kier alpha value is -1.66. The van der Waals surface area contributed by atoms with Crippen LogP contribution < -0.4 is 4.74 Å². The average molecular weight is 302 g/mol. The number of nitrogens with zero attached hydrogens (tertiary/aromatic N) is 1. The molecule has 0 bridgehead atoms. The third kappa shape index (κ3) is 3.42. The SMILES string of the molecule is CCOC(=O)Oc1nc(-c2ccc(F)c(Cl)c2)cs1. The summed E-state index contributed by atoms with van der Waals surface area (Å²) >= 11 is 6.83. The zero-order valence-electron chi connectivity index (χ0n) is 9.85. The summed E-state index contributed by atoms with van der Waals surface area (Å²) in [7, 11) is 0. The summed E-state index contributed by atoms with van der Waals surface area (Å²) < 4.78 is 22.5. The van der Waals surface area contributed by atoms with Gasteiger partial charge in [0.15, 0.2) is 0 Å². The minimum absolute atomic E-state index is 0.0124. The molecule has 0 amide bonds. The summed E-state index contributed by atoms with van der Waals surface area (Å²) in [5.74, 6) is -0.497. The van der Waals surface area contributed by atoms with Crippen molar-refractivity contribution in [2.45, 2.75) is 6.92 Å². The smallest absolute Gasteiger partial charge is 0.434 e. The Morgan fingerprint density at radius 2 is 2.32 bits per heavy atom. The number of rotatable bonds is 3. The molecule has 0 saturated carbocycles. The lowest BCUT2D eigenvalue weighted by atomic mass is 10.2. The number of carbonyl (C=O) groups excluding carboxylic acids is 1. The molecule has 100 valence electrons. The molecule has 0 aliphatic carbocycles. The van der Waals surface area contributed by atoms with Gasteiger partial charge in [-0.25, -0.2) is 14.2 Å². The molecular weight excluding hydrogens is 293 g/mol. The van der Waals surface area contributed by atoms with Crippen LogP contribution in [0.5, 0.6) is 5.19 Å². The molecule has 0 aliphatic rings. The van der Waals surface area contributed by atoms with Gasteiger partial charge in [-0.05, 0) is 25.1 Å². The number of ether oxygens (including phenoxy) is 2. The van der Waals surface area contributed by atoms with Crippen LogP contribution in [0.25, 0.3) is 11.3 Å². The van der Waals surface area contributed by atoms with E-state index in [1.807, 2.05) is 0 Å². The van der Waals surface area contributed by atoms with Crippen LogP contribution in [0.1, 0.15) is 6.92 Å². The fourth-order valence-corrected chi connectivity index (χ4v) is 2.16. The first-order valence-corrected chi connectivity index (χ1v) is 6.61. The first-order valence-electron chi connectivity index (χ1n) is 5.35. The van der Waals surface area contributed by atoms with E-state index >= 15 is 0 Å². The molecule has 0 fully saturated rings. The number of carbonyl (C=O) groups is 1. The van der Waals surface area contributed by atoms with Crippen molar-refractivity contribution in [1.29, 1.82) is 0 Å². The number of aromatic nitrogens is 1. The molecule has 0 radical (unpaired) electrons. The lowest BCUT2D eigenvalue weighted by Gasteiger charge is -2.00. The van der Waals surface area contributed by atoms with Crippen LogP contribution in [0.2, 0.25) is 5.02 Å². The van der Waals surface area contributed by atoms with Gasteiger partial charge < -0.3 is 9.47 Å². The van der Waals surface area contributed by atoms with Crippen LogP contribution in [0.15, 0.2) is 23.6 Å². The number of halogens is 2. The van der Waals surface area contributed by atoms with Crippen molar-refractivity contribution < 1.29 is 18.7 Å². The maximum Gasteiger partial charge on any atom is 0.515 e. The molecule has 1 aromatic carbocycles. The Bertz CT molecular complexity index is 602. The van der Waals surface area contributed by atoms with Crippen molar-refractivity contribution in [3.63, 3.8) is 0 Å². The average Bonchev–Trinajstić information content (AvgIpc) is 2.81. The minimum atomic E-state index is -0.805. The van der Waals surface area contributed by atoms with Crippen LogP contribution in [0.4, 0.5) is 9.18 Å². The van der Waals surface area contributed by atoms with Crippen LogP contribution in [-0.4, -0.2) is 17.7 Å². The van der Waals surface area contributed by atoms with E-state index in [0.717, 1.165) is 11.3 Å².